The van der Waals surface area contributed by atoms with E-state index >= 15 is 0 Å². The maximum absolute atomic E-state index is 5.90. The zero-order valence-electron chi connectivity index (χ0n) is 9.69. The standard InChI is InChI=1S/C8H17.C4H8O.Sn/c1-3-5-7-8-6-4-2;1-2-3-4-5;/h1,3-8H2,2H3;1-4H2;/q;-1;+1. The van der Waals surface area contributed by atoms with Gasteiger partial charge in [0.15, 0.2) is 0 Å². The van der Waals surface area contributed by atoms with Gasteiger partial charge in [-0.15, -0.1) is 0 Å². The minimum absolute atomic E-state index is 1.10. The van der Waals surface area contributed by atoms with Gasteiger partial charge in [0.25, 0.3) is 0 Å². The normalized spacial score (nSPS) is 18.6. The van der Waals surface area contributed by atoms with Crippen LogP contribution in [0.25, 0.3) is 0 Å². The molecule has 0 aliphatic carbocycles. The summed E-state index contributed by atoms with van der Waals surface area (Å²) in [5, 5.41) is 0. The molecule has 1 rings (SSSR count). The van der Waals surface area contributed by atoms with E-state index in [1.165, 1.54) is 60.2 Å². The molecule has 0 saturated carbocycles. The molecule has 14 heavy (non-hydrogen) atoms. The number of unbranched alkanes of at least 4 members (excludes halogenated alkanes) is 5. The van der Waals surface area contributed by atoms with Gasteiger partial charge < -0.3 is 0 Å². The average Bonchev–Trinajstić information content (AvgIpc) is 2.25. The summed E-state index contributed by atoms with van der Waals surface area (Å²) in [6.07, 6.45) is 11.5. The third-order valence-corrected chi connectivity index (χ3v) is 9.91. The van der Waals surface area contributed by atoms with Crippen molar-refractivity contribution in [1.82, 2.24) is 0 Å². The predicted octanol–water partition coefficient (Wildman–Crippen LogP) is 4.15. The van der Waals surface area contributed by atoms with E-state index in [1.807, 2.05) is 0 Å². The molecular weight excluding hydrogens is 279 g/mol. The van der Waals surface area contributed by atoms with Crippen molar-refractivity contribution in [1.29, 1.82) is 0 Å². The van der Waals surface area contributed by atoms with Crippen LogP contribution >= 0.6 is 0 Å². The first-order valence-corrected chi connectivity index (χ1v) is 11.6. The molecule has 1 radical (unpaired) electrons. The fraction of sp³-hybridized carbons (Fsp3) is 1.00. The number of hydrogen-bond donors (Lipinski definition) is 0. The Hall–Kier alpha value is 0.759. The van der Waals surface area contributed by atoms with Gasteiger partial charge in [-0.25, -0.2) is 0 Å². The molecule has 1 nitrogen and oxygen atoms in total. The Kier molecular flexibility index (Phi) is 8.26. The van der Waals surface area contributed by atoms with E-state index in [0.29, 0.717) is 0 Å². The Morgan fingerprint density at radius 2 is 1.79 bits per heavy atom. The van der Waals surface area contributed by atoms with Crippen LogP contribution in [0.15, 0.2) is 0 Å². The topological polar surface area (TPSA) is 9.23 Å². The Morgan fingerprint density at radius 1 is 1.00 bits per heavy atom. The molecule has 0 spiro atoms. The van der Waals surface area contributed by atoms with Crippen molar-refractivity contribution in [3.63, 3.8) is 0 Å². The fourth-order valence-corrected chi connectivity index (χ4v) is 8.46. The quantitative estimate of drug-likeness (QED) is 0.507. The Labute approximate surface area is 96.9 Å². The van der Waals surface area contributed by atoms with E-state index in [1.54, 1.807) is 0 Å². The van der Waals surface area contributed by atoms with Gasteiger partial charge >= 0.3 is 97.0 Å². The molecule has 0 unspecified atom stereocenters. The third-order valence-electron chi connectivity index (χ3n) is 2.97. The third kappa shape index (κ3) is 6.28. The molecular formula is C12H25OSn. The molecule has 2 heteroatoms. The van der Waals surface area contributed by atoms with Crippen LogP contribution in [0.4, 0.5) is 0 Å². The molecule has 0 aromatic carbocycles. The maximum atomic E-state index is 5.90. The van der Waals surface area contributed by atoms with Crippen molar-refractivity contribution in [2.24, 2.45) is 0 Å². The van der Waals surface area contributed by atoms with Crippen molar-refractivity contribution in [2.75, 3.05) is 6.61 Å². The average molecular weight is 304 g/mol. The summed E-state index contributed by atoms with van der Waals surface area (Å²) in [4.78, 5) is 0. The monoisotopic (exact) mass is 305 g/mol. The van der Waals surface area contributed by atoms with E-state index in [0.717, 1.165) is 6.61 Å². The van der Waals surface area contributed by atoms with Crippen molar-refractivity contribution in [3.05, 3.63) is 0 Å². The molecule has 0 bridgehead atoms. The zero-order chi connectivity index (χ0) is 10.1. The van der Waals surface area contributed by atoms with Crippen LogP contribution in [-0.4, -0.2) is 26.8 Å². The van der Waals surface area contributed by atoms with Crippen LogP contribution in [0.5, 0.6) is 0 Å². The van der Waals surface area contributed by atoms with E-state index in [-0.39, 0.29) is 0 Å². The van der Waals surface area contributed by atoms with Gasteiger partial charge in [0, 0.05) is 0 Å². The van der Waals surface area contributed by atoms with Gasteiger partial charge in [-0.05, 0) is 0 Å². The summed E-state index contributed by atoms with van der Waals surface area (Å²) in [7, 11) is 0. The van der Waals surface area contributed by atoms with E-state index < -0.39 is 20.2 Å². The molecule has 83 valence electrons. The molecule has 1 aliphatic heterocycles. The minimum atomic E-state index is -1.22. The second-order valence-electron chi connectivity index (χ2n) is 4.36. The van der Waals surface area contributed by atoms with Crippen molar-refractivity contribution < 1.29 is 3.07 Å². The summed E-state index contributed by atoms with van der Waals surface area (Å²) < 4.78 is 8.92. The molecule has 0 aromatic rings. The van der Waals surface area contributed by atoms with E-state index in [9.17, 15) is 0 Å². The van der Waals surface area contributed by atoms with Crippen molar-refractivity contribution in [3.8, 4) is 0 Å². The van der Waals surface area contributed by atoms with E-state index in [4.69, 9.17) is 3.07 Å². The van der Waals surface area contributed by atoms with Crippen LogP contribution in [0.3, 0.4) is 0 Å². The van der Waals surface area contributed by atoms with Gasteiger partial charge in [-0.2, -0.15) is 0 Å². The predicted molar refractivity (Wildman–Crippen MR) is 63.9 cm³/mol. The first-order valence-electron chi connectivity index (χ1n) is 6.41. The molecule has 0 atom stereocenters. The summed E-state index contributed by atoms with van der Waals surface area (Å²) in [5.74, 6) is 0. The Morgan fingerprint density at radius 3 is 2.50 bits per heavy atom. The Bertz CT molecular complexity index is 121. The van der Waals surface area contributed by atoms with Crippen LogP contribution < -0.4 is 0 Å². The molecule has 1 saturated heterocycles. The summed E-state index contributed by atoms with van der Waals surface area (Å²) in [6, 6.07) is 0. The Balaban J connectivity index is 1.82. The van der Waals surface area contributed by atoms with Gasteiger partial charge in [-0.1, -0.05) is 0 Å². The van der Waals surface area contributed by atoms with Gasteiger partial charge in [0.2, 0.25) is 0 Å². The molecule has 0 aromatic heterocycles. The summed E-state index contributed by atoms with van der Waals surface area (Å²) in [5.41, 5.74) is 0. The van der Waals surface area contributed by atoms with Gasteiger partial charge in [0.05, 0.1) is 0 Å². The zero-order valence-corrected chi connectivity index (χ0v) is 12.5. The molecule has 1 heterocycles. The SMILES string of the molecule is CCCCCCC[CH2][Sn]1[CH2]CCC[O]1. The molecule has 0 N–H and O–H groups in total. The van der Waals surface area contributed by atoms with Crippen LogP contribution in [-0.2, 0) is 3.07 Å². The molecule has 1 fully saturated rings. The van der Waals surface area contributed by atoms with Gasteiger partial charge in [-0.3, -0.25) is 0 Å². The first-order chi connectivity index (χ1) is 6.93. The van der Waals surface area contributed by atoms with Gasteiger partial charge in [0.1, 0.15) is 0 Å². The molecule has 0 amide bonds. The second-order valence-corrected chi connectivity index (χ2v) is 11.1. The van der Waals surface area contributed by atoms with Crippen LogP contribution in [0, 0.1) is 0 Å². The van der Waals surface area contributed by atoms with E-state index in [2.05, 4.69) is 6.92 Å². The van der Waals surface area contributed by atoms with Crippen molar-refractivity contribution >= 4 is 20.2 Å². The number of hydrogen-bond acceptors (Lipinski definition) is 1. The summed E-state index contributed by atoms with van der Waals surface area (Å²) >= 11 is -1.22. The molecule has 1 aliphatic rings. The summed E-state index contributed by atoms with van der Waals surface area (Å²) in [6.45, 7) is 3.39. The van der Waals surface area contributed by atoms with Crippen molar-refractivity contribution in [2.45, 2.75) is 67.2 Å². The first kappa shape index (κ1) is 12.8. The second kappa shape index (κ2) is 9.02. The van der Waals surface area contributed by atoms with Crippen LogP contribution in [0.1, 0.15) is 58.3 Å². The van der Waals surface area contributed by atoms with Crippen LogP contribution in [0.2, 0.25) is 8.87 Å². The fourth-order valence-electron chi connectivity index (χ4n) is 2.01. The number of rotatable bonds is 7.